The number of amides is 6. The number of hydrogen-bond acceptors (Lipinski definition) is 19. The number of cyclic esters (lactones) is 6. The zero-order chi connectivity index (χ0) is 63.9. The van der Waals surface area contributed by atoms with Crippen LogP contribution in [-0.2, 0) is 86.0 Å². The van der Waals surface area contributed by atoms with Crippen molar-refractivity contribution in [2.45, 2.75) is 243 Å². The summed E-state index contributed by atoms with van der Waals surface area (Å²) in [5.41, 5.74) is 5.73. The minimum absolute atomic E-state index is 0.0363. The molecule has 1 fully saturated rings. The summed E-state index contributed by atoms with van der Waals surface area (Å²) in [7, 11) is 0. The highest BCUT2D eigenvalue weighted by Gasteiger charge is 2.41. The van der Waals surface area contributed by atoms with Crippen LogP contribution in [-0.4, -0.2) is 151 Å². The Hall–Kier alpha value is -6.40. The number of unbranched alkanes of at least 4 members (excludes halogenated alkanes) is 1. The second-order valence-electron chi connectivity index (χ2n) is 24.5. The highest BCUT2D eigenvalue weighted by molar-refractivity contribution is 5.95. The Balaban J connectivity index is 3.97. The monoisotopic (exact) mass is 1180 g/mol. The van der Waals surface area contributed by atoms with Crippen LogP contribution in [0.25, 0.3) is 0 Å². The maximum Gasteiger partial charge on any atom is 0.329 e. The summed E-state index contributed by atoms with van der Waals surface area (Å²) in [6.07, 6.45) is -8.58. The minimum Gasteiger partial charge on any atom is -0.451 e. The van der Waals surface area contributed by atoms with Gasteiger partial charge in [0.05, 0.1) is 0 Å². The van der Waals surface area contributed by atoms with E-state index in [1.54, 1.807) is 111 Å². The highest BCUT2D eigenvalue weighted by atomic mass is 16.6. The van der Waals surface area contributed by atoms with Crippen molar-refractivity contribution >= 4 is 71.3 Å². The number of esters is 6. The van der Waals surface area contributed by atoms with Crippen LogP contribution in [0.5, 0.6) is 0 Å². The molecule has 25 heteroatoms. The summed E-state index contributed by atoms with van der Waals surface area (Å²) >= 11 is 0. The van der Waals surface area contributed by atoms with Gasteiger partial charge in [0.15, 0.2) is 36.6 Å². The van der Waals surface area contributed by atoms with E-state index in [-0.39, 0.29) is 50.0 Å². The van der Waals surface area contributed by atoms with Crippen LogP contribution in [0.4, 0.5) is 0 Å². The Morgan fingerprint density at radius 3 is 0.831 bits per heavy atom. The van der Waals surface area contributed by atoms with Gasteiger partial charge in [-0.3, -0.25) is 28.8 Å². The summed E-state index contributed by atoms with van der Waals surface area (Å²) in [6.45, 7) is 30.5. The lowest BCUT2D eigenvalue weighted by molar-refractivity contribution is -0.167. The van der Waals surface area contributed by atoms with Gasteiger partial charge < -0.3 is 66.1 Å². The van der Waals surface area contributed by atoms with Crippen LogP contribution in [0, 0.1) is 47.3 Å². The average Bonchev–Trinajstić information content (AvgIpc) is 3.44. The highest BCUT2D eigenvalue weighted by Crippen LogP contribution is 2.20. The lowest BCUT2D eigenvalue weighted by Gasteiger charge is -2.29. The van der Waals surface area contributed by atoms with Crippen molar-refractivity contribution in [3.8, 4) is 0 Å². The molecule has 6 amide bonds. The molecular weight excluding hydrogens is 1080 g/mol. The predicted molar refractivity (Wildman–Crippen MR) is 303 cm³/mol. The molecule has 12 atom stereocenters. The van der Waals surface area contributed by atoms with Gasteiger partial charge in [-0.15, -0.1) is 0 Å². The Bertz CT molecular complexity index is 2200. The van der Waals surface area contributed by atoms with Crippen molar-refractivity contribution < 1.29 is 86.0 Å². The molecule has 25 nitrogen and oxygen atoms in total. The first-order chi connectivity index (χ1) is 38.4. The van der Waals surface area contributed by atoms with Gasteiger partial charge in [0.2, 0.25) is 0 Å². The molecule has 1 aliphatic rings. The molecule has 1 rings (SSSR count). The second-order valence-corrected chi connectivity index (χ2v) is 24.5. The maximum absolute atomic E-state index is 14.0. The number of hydrogen-bond donors (Lipinski definition) is 7. The van der Waals surface area contributed by atoms with Crippen LogP contribution >= 0.6 is 0 Å². The van der Waals surface area contributed by atoms with Crippen molar-refractivity contribution in [1.29, 1.82) is 0 Å². The Morgan fingerprint density at radius 2 is 0.578 bits per heavy atom. The van der Waals surface area contributed by atoms with E-state index in [2.05, 4.69) is 31.9 Å². The third kappa shape index (κ3) is 25.6. The van der Waals surface area contributed by atoms with Gasteiger partial charge in [-0.2, -0.15) is 0 Å². The molecule has 83 heavy (non-hydrogen) atoms. The largest absolute Gasteiger partial charge is 0.451 e. The minimum atomic E-state index is -1.53. The number of rotatable bonds is 15. The standard InChI is InChI=1S/C58H99N7O18/c1-27(2)24-39-48(67)60-35(17)53(72)78-38(22-20-21-23-59)47(66)63-42(30(7)8)56(75)79-40(25-28(3)4)49(68)61-36(18)54(73)82-46(34(15)16)52(71)65-44(32(11)12)58(77)81-41(26-29(5)6)50(69)62-37(19)55(74)83-45(33(13)14)51(70)64-43(31(9)10)57(76)80-39/h27-46H,20-26,59H2,1-19H3,(H,60,67)(H,61,68)(H,62,69)(H,63,66)(H,64,70)(H,65,71)/t35-,36-,37-,38+,39-,40-,41-,42+,43+,44+,45+,46+/m1/s1. The van der Waals surface area contributed by atoms with Crippen molar-refractivity contribution in [3.63, 3.8) is 0 Å². The fraction of sp³-hybridized carbons (Fsp3) is 0.793. The first-order valence-electron chi connectivity index (χ1n) is 29.2. The van der Waals surface area contributed by atoms with E-state index < -0.39 is 174 Å². The van der Waals surface area contributed by atoms with Crippen LogP contribution < -0.4 is 37.6 Å². The zero-order valence-corrected chi connectivity index (χ0v) is 52.4. The molecule has 0 aliphatic carbocycles. The predicted octanol–water partition coefficient (Wildman–Crippen LogP) is 2.99. The van der Waals surface area contributed by atoms with E-state index in [1.807, 2.05) is 0 Å². The van der Waals surface area contributed by atoms with Crippen molar-refractivity contribution in [2.24, 2.45) is 53.1 Å². The third-order valence-electron chi connectivity index (χ3n) is 13.2. The molecule has 8 N–H and O–H groups in total. The lowest BCUT2D eigenvalue weighted by atomic mass is 10.0. The first-order valence-corrected chi connectivity index (χ1v) is 29.2. The Labute approximate surface area is 490 Å². The molecular formula is C58H99N7O18. The number of nitrogens with one attached hydrogen (secondary N) is 6. The van der Waals surface area contributed by atoms with Gasteiger partial charge in [0.25, 0.3) is 35.4 Å². The Kier molecular flexibility index (Phi) is 32.1. The number of nitrogens with two attached hydrogens (primary N) is 1. The van der Waals surface area contributed by atoms with Gasteiger partial charge in [-0.1, -0.05) is 111 Å². The third-order valence-corrected chi connectivity index (χ3v) is 13.2. The summed E-state index contributed by atoms with van der Waals surface area (Å²) in [5.74, 6) is -15.8. The summed E-state index contributed by atoms with van der Waals surface area (Å²) in [6, 6.07) is -8.50. The zero-order valence-electron chi connectivity index (χ0n) is 52.4. The molecule has 1 saturated heterocycles. The van der Waals surface area contributed by atoms with E-state index in [1.165, 1.54) is 20.8 Å². The van der Waals surface area contributed by atoms with Crippen LogP contribution in [0.1, 0.15) is 170 Å². The number of carbonyl (C=O) groups excluding carboxylic acids is 12. The maximum atomic E-state index is 14.0. The fourth-order valence-corrected chi connectivity index (χ4v) is 8.26. The van der Waals surface area contributed by atoms with E-state index in [9.17, 15) is 57.5 Å². The van der Waals surface area contributed by atoms with Crippen molar-refractivity contribution in [1.82, 2.24) is 31.9 Å². The normalized spacial score (nSPS) is 27.8. The number of ether oxygens (including phenoxy) is 6. The molecule has 0 unspecified atom stereocenters. The van der Waals surface area contributed by atoms with E-state index >= 15 is 0 Å². The second kappa shape index (κ2) is 35.7. The van der Waals surface area contributed by atoms with Crippen LogP contribution in [0.3, 0.4) is 0 Å². The van der Waals surface area contributed by atoms with Gasteiger partial charge in [-0.05, 0) is 113 Å². The van der Waals surface area contributed by atoms with Crippen LogP contribution in [0.15, 0.2) is 0 Å². The molecule has 0 aromatic carbocycles. The Morgan fingerprint density at radius 1 is 0.325 bits per heavy atom. The molecule has 474 valence electrons. The molecule has 0 aromatic rings. The van der Waals surface area contributed by atoms with E-state index in [4.69, 9.17) is 34.2 Å². The van der Waals surface area contributed by atoms with Gasteiger partial charge in [0.1, 0.15) is 36.3 Å². The van der Waals surface area contributed by atoms with Crippen LogP contribution in [0.2, 0.25) is 0 Å². The number of carbonyl (C=O) groups is 12. The topological polar surface area (TPSA) is 358 Å². The molecule has 0 radical (unpaired) electrons. The summed E-state index contributed by atoms with van der Waals surface area (Å²) in [4.78, 5) is 167. The van der Waals surface area contributed by atoms with E-state index in [0.29, 0.717) is 12.8 Å². The molecule has 0 bridgehead atoms. The SMILES string of the molecule is CC(C)C[C@H]1OC(=O)[C@H](C(C)C)NC(=O)[C@H](CCCCN)OC(=O)[C@@H](C)NC(=O)[C@@H](CC(C)C)OC(=O)[C@H](C(C)C)NC(=O)[C@H](C(C)C)OC(=O)[C@@H](C)NC(=O)[C@@H](CC(C)C)OC(=O)[C@H](C(C)C)NC(=O)[C@H](C(C)C)OC(=O)[C@@H](C)NC1=O. The quantitative estimate of drug-likeness (QED) is 0.0704. The average molecular weight is 1180 g/mol. The van der Waals surface area contributed by atoms with Crippen molar-refractivity contribution in [3.05, 3.63) is 0 Å². The first kappa shape index (κ1) is 74.6. The molecule has 0 spiro atoms. The smallest absolute Gasteiger partial charge is 0.329 e. The molecule has 1 heterocycles. The van der Waals surface area contributed by atoms with Gasteiger partial charge in [-0.25, -0.2) is 28.8 Å². The fourth-order valence-electron chi connectivity index (χ4n) is 8.26. The van der Waals surface area contributed by atoms with Crippen molar-refractivity contribution in [2.75, 3.05) is 6.54 Å². The lowest BCUT2D eigenvalue weighted by Crippen LogP contribution is -2.55. The molecule has 0 aromatic heterocycles. The molecule has 1 aliphatic heterocycles. The summed E-state index contributed by atoms with van der Waals surface area (Å²) in [5, 5.41) is 15.2. The molecule has 0 saturated carbocycles. The van der Waals surface area contributed by atoms with Gasteiger partial charge >= 0.3 is 35.8 Å². The van der Waals surface area contributed by atoms with E-state index in [0.717, 1.165) is 0 Å². The van der Waals surface area contributed by atoms with Gasteiger partial charge in [0, 0.05) is 0 Å². The summed E-state index contributed by atoms with van der Waals surface area (Å²) < 4.78 is 34.2.